The van der Waals surface area contributed by atoms with Gasteiger partial charge in [0, 0.05) is 25.2 Å². The zero-order chi connectivity index (χ0) is 14.4. The minimum Gasteiger partial charge on any atom is -0.349 e. The molecule has 1 aliphatic heterocycles. The van der Waals surface area contributed by atoms with Crippen LogP contribution in [0.5, 0.6) is 0 Å². The van der Waals surface area contributed by atoms with E-state index in [9.17, 15) is 4.79 Å². The van der Waals surface area contributed by atoms with E-state index in [-0.39, 0.29) is 5.91 Å². The van der Waals surface area contributed by atoms with Gasteiger partial charge < -0.3 is 5.32 Å². The number of nitrogens with one attached hydrogen (secondary N) is 1. The number of piperidine rings is 1. The van der Waals surface area contributed by atoms with Crippen molar-refractivity contribution in [3.8, 4) is 0 Å². The Hall–Kier alpha value is -1.61. The Morgan fingerprint density at radius 3 is 2.85 bits per heavy atom. The van der Waals surface area contributed by atoms with Gasteiger partial charge in [0.05, 0.1) is 0 Å². The molecule has 1 saturated heterocycles. The maximum Gasteiger partial charge on any atom is 0.251 e. The summed E-state index contributed by atoms with van der Waals surface area (Å²) in [5.74, 6) is 0.760. The summed E-state index contributed by atoms with van der Waals surface area (Å²) in [4.78, 5) is 14.3. The molecule has 1 aromatic carbocycles. The van der Waals surface area contributed by atoms with Crippen LogP contribution in [-0.4, -0.2) is 30.4 Å². The topological polar surface area (TPSA) is 32.3 Å². The summed E-state index contributed by atoms with van der Waals surface area (Å²) < 4.78 is 0. The average Bonchev–Trinajstić information content (AvgIpc) is 2.45. The molecule has 1 atom stereocenters. The Bertz CT molecular complexity index is 453. The van der Waals surface area contributed by atoms with Gasteiger partial charge in [-0.05, 0) is 43.0 Å². The van der Waals surface area contributed by atoms with E-state index in [1.165, 1.54) is 31.5 Å². The maximum atomic E-state index is 11.8. The number of amides is 1. The third kappa shape index (κ3) is 4.20. The highest BCUT2D eigenvalue weighted by atomic mass is 16.1. The molecule has 1 aromatic rings. The second-order valence-electron chi connectivity index (χ2n) is 5.68. The third-order valence-corrected chi connectivity index (χ3v) is 3.77. The smallest absolute Gasteiger partial charge is 0.251 e. The summed E-state index contributed by atoms with van der Waals surface area (Å²) in [6.07, 6.45) is 4.33. The Balaban J connectivity index is 1.90. The van der Waals surface area contributed by atoms with Crippen molar-refractivity contribution in [2.45, 2.75) is 26.3 Å². The van der Waals surface area contributed by atoms with Crippen molar-refractivity contribution in [3.63, 3.8) is 0 Å². The third-order valence-electron chi connectivity index (χ3n) is 3.77. The van der Waals surface area contributed by atoms with Gasteiger partial charge in [-0.2, -0.15) is 0 Å². The summed E-state index contributed by atoms with van der Waals surface area (Å²) in [7, 11) is 0. The van der Waals surface area contributed by atoms with Crippen molar-refractivity contribution in [3.05, 3.63) is 48.0 Å². The number of benzene rings is 1. The molecular weight excluding hydrogens is 248 g/mol. The molecule has 3 heteroatoms. The fourth-order valence-corrected chi connectivity index (χ4v) is 2.72. The molecule has 0 bridgehead atoms. The standard InChI is InChI=1S/C17H24N2O/c1-3-10-18-17(20)16-8-6-15(7-9-16)13-19-11-4-5-14(2)12-19/h3,6-9,14H,1,4-5,10-13H2,2H3,(H,18,20)/t14-/m1/s1. The molecule has 0 spiro atoms. The highest BCUT2D eigenvalue weighted by Crippen LogP contribution is 2.18. The van der Waals surface area contributed by atoms with Gasteiger partial charge in [-0.15, -0.1) is 6.58 Å². The number of likely N-dealkylation sites (tertiary alicyclic amines) is 1. The van der Waals surface area contributed by atoms with Crippen LogP contribution in [-0.2, 0) is 6.54 Å². The molecule has 1 heterocycles. The Labute approximate surface area is 121 Å². The lowest BCUT2D eigenvalue weighted by Crippen LogP contribution is -2.33. The van der Waals surface area contributed by atoms with Gasteiger partial charge in [-0.25, -0.2) is 0 Å². The van der Waals surface area contributed by atoms with Gasteiger partial charge in [-0.1, -0.05) is 25.1 Å². The van der Waals surface area contributed by atoms with Crippen LogP contribution >= 0.6 is 0 Å². The fraction of sp³-hybridized carbons (Fsp3) is 0.471. The van der Waals surface area contributed by atoms with Crippen LogP contribution in [0.4, 0.5) is 0 Å². The van der Waals surface area contributed by atoms with Crippen LogP contribution in [0.15, 0.2) is 36.9 Å². The molecule has 0 radical (unpaired) electrons. The van der Waals surface area contributed by atoms with Gasteiger partial charge in [-0.3, -0.25) is 9.69 Å². The normalized spacial score (nSPS) is 19.6. The van der Waals surface area contributed by atoms with Crippen molar-refractivity contribution < 1.29 is 4.79 Å². The molecule has 2 rings (SSSR count). The summed E-state index contributed by atoms with van der Waals surface area (Å²) in [6.45, 7) is 9.77. The summed E-state index contributed by atoms with van der Waals surface area (Å²) in [5.41, 5.74) is 1.99. The fourth-order valence-electron chi connectivity index (χ4n) is 2.72. The van der Waals surface area contributed by atoms with E-state index < -0.39 is 0 Å². The Kier molecular flexibility index (Phi) is 5.36. The molecule has 0 aliphatic carbocycles. The monoisotopic (exact) mass is 272 g/mol. The van der Waals surface area contributed by atoms with E-state index in [0.717, 1.165) is 12.5 Å². The van der Waals surface area contributed by atoms with Crippen LogP contribution in [0.3, 0.4) is 0 Å². The van der Waals surface area contributed by atoms with Crippen molar-refractivity contribution in [2.24, 2.45) is 5.92 Å². The van der Waals surface area contributed by atoms with Crippen molar-refractivity contribution in [1.29, 1.82) is 0 Å². The number of hydrogen-bond acceptors (Lipinski definition) is 2. The minimum absolute atomic E-state index is 0.0388. The average molecular weight is 272 g/mol. The van der Waals surface area contributed by atoms with Crippen LogP contribution in [0.25, 0.3) is 0 Å². The van der Waals surface area contributed by atoms with Gasteiger partial charge >= 0.3 is 0 Å². The Morgan fingerprint density at radius 2 is 2.20 bits per heavy atom. The lowest BCUT2D eigenvalue weighted by molar-refractivity contribution is 0.0958. The molecule has 1 N–H and O–H groups in total. The van der Waals surface area contributed by atoms with E-state index in [1.54, 1.807) is 6.08 Å². The molecule has 0 aromatic heterocycles. The van der Waals surface area contributed by atoms with E-state index in [4.69, 9.17) is 0 Å². The Morgan fingerprint density at radius 1 is 1.45 bits per heavy atom. The number of carbonyl (C=O) groups excluding carboxylic acids is 1. The van der Waals surface area contributed by atoms with Gasteiger partial charge in [0.1, 0.15) is 0 Å². The first-order valence-corrected chi connectivity index (χ1v) is 7.39. The first-order valence-electron chi connectivity index (χ1n) is 7.39. The molecule has 20 heavy (non-hydrogen) atoms. The molecule has 0 saturated carbocycles. The summed E-state index contributed by atoms with van der Waals surface area (Å²) in [6, 6.07) is 7.92. The quantitative estimate of drug-likeness (QED) is 0.836. The minimum atomic E-state index is -0.0388. The van der Waals surface area contributed by atoms with Crippen LogP contribution in [0.2, 0.25) is 0 Å². The van der Waals surface area contributed by atoms with Crippen LogP contribution in [0, 0.1) is 5.92 Å². The molecule has 3 nitrogen and oxygen atoms in total. The van der Waals surface area contributed by atoms with Crippen LogP contribution < -0.4 is 5.32 Å². The first kappa shape index (κ1) is 14.8. The highest BCUT2D eigenvalue weighted by molar-refractivity contribution is 5.94. The summed E-state index contributed by atoms with van der Waals surface area (Å²) >= 11 is 0. The SMILES string of the molecule is C=CCNC(=O)c1ccc(CN2CCC[C@@H](C)C2)cc1. The predicted molar refractivity (Wildman–Crippen MR) is 82.6 cm³/mol. The van der Waals surface area contributed by atoms with E-state index in [0.29, 0.717) is 12.1 Å². The maximum absolute atomic E-state index is 11.8. The molecule has 0 unspecified atom stereocenters. The number of nitrogens with zero attached hydrogens (tertiary/aromatic N) is 1. The molecule has 108 valence electrons. The lowest BCUT2D eigenvalue weighted by Gasteiger charge is -2.30. The molecule has 1 amide bonds. The molecule has 1 aliphatic rings. The van der Waals surface area contributed by atoms with Crippen molar-refractivity contribution in [2.75, 3.05) is 19.6 Å². The van der Waals surface area contributed by atoms with E-state index in [2.05, 4.69) is 35.9 Å². The lowest BCUT2D eigenvalue weighted by atomic mass is 9.99. The second kappa shape index (κ2) is 7.25. The van der Waals surface area contributed by atoms with Crippen molar-refractivity contribution >= 4 is 5.91 Å². The molecular formula is C17H24N2O. The van der Waals surface area contributed by atoms with Gasteiger partial charge in [0.15, 0.2) is 0 Å². The van der Waals surface area contributed by atoms with E-state index >= 15 is 0 Å². The first-order chi connectivity index (χ1) is 9.69. The highest BCUT2D eigenvalue weighted by Gasteiger charge is 2.16. The zero-order valence-corrected chi connectivity index (χ0v) is 12.3. The molecule has 1 fully saturated rings. The number of rotatable bonds is 5. The largest absolute Gasteiger partial charge is 0.349 e. The zero-order valence-electron chi connectivity index (χ0n) is 12.3. The second-order valence-corrected chi connectivity index (χ2v) is 5.68. The van der Waals surface area contributed by atoms with Gasteiger partial charge in [0.25, 0.3) is 5.91 Å². The van der Waals surface area contributed by atoms with Gasteiger partial charge in [0.2, 0.25) is 0 Å². The van der Waals surface area contributed by atoms with Crippen LogP contribution in [0.1, 0.15) is 35.7 Å². The van der Waals surface area contributed by atoms with E-state index in [1.807, 2.05) is 12.1 Å². The predicted octanol–water partition coefficient (Wildman–Crippen LogP) is 2.83. The number of carbonyl (C=O) groups is 1. The van der Waals surface area contributed by atoms with Crippen molar-refractivity contribution in [1.82, 2.24) is 10.2 Å². The summed E-state index contributed by atoms with van der Waals surface area (Å²) in [5, 5.41) is 2.79. The number of hydrogen-bond donors (Lipinski definition) is 1.